The van der Waals surface area contributed by atoms with Crippen molar-refractivity contribution in [1.82, 2.24) is 4.98 Å². The third kappa shape index (κ3) is 2.29. The van der Waals surface area contributed by atoms with E-state index in [1.807, 2.05) is 11.3 Å². The van der Waals surface area contributed by atoms with Gasteiger partial charge in [-0.25, -0.2) is 4.98 Å². The first kappa shape index (κ1) is 10.6. The molecule has 0 aliphatic carbocycles. The average Bonchev–Trinajstić information content (AvgIpc) is 2.13. The molecule has 0 amide bonds. The maximum Gasteiger partial charge on any atom is 0.0956 e. The van der Waals surface area contributed by atoms with Crippen LogP contribution in [0.4, 0.5) is 0 Å². The van der Waals surface area contributed by atoms with Gasteiger partial charge in [0.2, 0.25) is 0 Å². The van der Waals surface area contributed by atoms with E-state index < -0.39 is 0 Å². The minimum Gasteiger partial charge on any atom is -0.246 e. The fourth-order valence-corrected chi connectivity index (χ4v) is 1.67. The van der Waals surface area contributed by atoms with Crippen LogP contribution in [0.5, 0.6) is 0 Å². The third-order valence-electron chi connectivity index (χ3n) is 1.54. The zero-order valence-corrected chi connectivity index (χ0v) is 7.75. The molecule has 0 aromatic carbocycles. The van der Waals surface area contributed by atoms with Crippen molar-refractivity contribution in [1.29, 1.82) is 0 Å². The summed E-state index contributed by atoms with van der Waals surface area (Å²) in [6.07, 6.45) is 0. The highest BCUT2D eigenvalue weighted by Gasteiger charge is 2.05. The molecule has 2 heteroatoms. The molecule has 1 heterocycles. The van der Waals surface area contributed by atoms with Crippen LogP contribution in [0.25, 0.3) is 0 Å². The van der Waals surface area contributed by atoms with Crippen LogP contribution in [-0.4, -0.2) is 4.98 Å². The predicted octanol–water partition coefficient (Wildman–Crippen LogP) is 3.52. The minimum absolute atomic E-state index is 0. The molecule has 1 nitrogen and oxygen atoms in total. The maximum atomic E-state index is 4.43. The number of hydrogen-bond donors (Lipinski definition) is 0. The summed E-state index contributed by atoms with van der Waals surface area (Å²) < 4.78 is 0. The molecular formula is C9H17NS. The number of aromatic nitrogens is 1. The Morgan fingerprint density at radius 1 is 1.27 bits per heavy atom. The number of aryl methyl sites for hydroxylation is 2. The number of rotatable bonds is 1. The van der Waals surface area contributed by atoms with Crippen molar-refractivity contribution in [2.24, 2.45) is 0 Å². The Kier molecular flexibility index (Phi) is 3.73. The first-order valence-corrected chi connectivity index (χ1v) is 4.37. The third-order valence-corrected chi connectivity index (χ3v) is 2.91. The minimum atomic E-state index is 0. The van der Waals surface area contributed by atoms with E-state index in [0.29, 0.717) is 5.92 Å². The van der Waals surface area contributed by atoms with Crippen molar-refractivity contribution in [2.75, 3.05) is 0 Å². The van der Waals surface area contributed by atoms with Gasteiger partial charge >= 0.3 is 0 Å². The van der Waals surface area contributed by atoms with E-state index in [9.17, 15) is 0 Å². The summed E-state index contributed by atoms with van der Waals surface area (Å²) in [6, 6.07) is 0. The predicted molar refractivity (Wildman–Crippen MR) is 52.4 cm³/mol. The highest BCUT2D eigenvalue weighted by molar-refractivity contribution is 7.11. The lowest BCUT2D eigenvalue weighted by Gasteiger charge is -1.94. The van der Waals surface area contributed by atoms with Gasteiger partial charge in [0.05, 0.1) is 10.7 Å². The second-order valence-corrected chi connectivity index (χ2v) is 4.08. The zero-order chi connectivity index (χ0) is 7.72. The van der Waals surface area contributed by atoms with E-state index in [1.165, 1.54) is 15.6 Å². The van der Waals surface area contributed by atoms with Gasteiger partial charge in [-0.1, -0.05) is 21.3 Å². The van der Waals surface area contributed by atoms with Crippen LogP contribution in [-0.2, 0) is 0 Å². The lowest BCUT2D eigenvalue weighted by molar-refractivity contribution is 0.847. The van der Waals surface area contributed by atoms with Gasteiger partial charge in [-0.2, -0.15) is 0 Å². The molecule has 1 rings (SSSR count). The van der Waals surface area contributed by atoms with Crippen LogP contribution in [0.3, 0.4) is 0 Å². The van der Waals surface area contributed by atoms with E-state index in [4.69, 9.17) is 0 Å². The normalized spacial score (nSPS) is 9.91. The molecule has 0 fully saturated rings. The lowest BCUT2D eigenvalue weighted by Crippen LogP contribution is -1.84. The summed E-state index contributed by atoms with van der Waals surface area (Å²) in [4.78, 5) is 5.78. The second kappa shape index (κ2) is 3.86. The van der Waals surface area contributed by atoms with E-state index in [1.54, 1.807) is 0 Å². The molecule has 0 aliphatic heterocycles. The van der Waals surface area contributed by atoms with E-state index >= 15 is 0 Å². The largest absolute Gasteiger partial charge is 0.246 e. The Balaban J connectivity index is 0.000001000. The molecule has 0 N–H and O–H groups in total. The van der Waals surface area contributed by atoms with E-state index in [2.05, 4.69) is 32.7 Å². The maximum absolute atomic E-state index is 4.43. The molecule has 0 saturated carbocycles. The first-order chi connectivity index (χ1) is 4.61. The van der Waals surface area contributed by atoms with Crippen LogP contribution in [0, 0.1) is 13.8 Å². The number of nitrogens with zero attached hydrogens (tertiary/aromatic N) is 1. The molecule has 0 aliphatic rings. The van der Waals surface area contributed by atoms with Crippen LogP contribution in [0.2, 0.25) is 0 Å². The van der Waals surface area contributed by atoms with Gasteiger partial charge in [-0.3, -0.25) is 0 Å². The van der Waals surface area contributed by atoms with Gasteiger partial charge in [-0.05, 0) is 13.8 Å². The number of hydrogen-bond acceptors (Lipinski definition) is 2. The van der Waals surface area contributed by atoms with Gasteiger partial charge in [0, 0.05) is 10.8 Å². The van der Waals surface area contributed by atoms with Crippen molar-refractivity contribution in [3.05, 3.63) is 15.6 Å². The van der Waals surface area contributed by atoms with Gasteiger partial charge in [-0.15, -0.1) is 11.3 Å². The summed E-state index contributed by atoms with van der Waals surface area (Å²) in [5, 5.41) is 1.26. The molecule has 1 aromatic heterocycles. The average molecular weight is 171 g/mol. The second-order valence-electron chi connectivity index (χ2n) is 2.85. The van der Waals surface area contributed by atoms with E-state index in [0.717, 1.165) is 0 Å². The summed E-state index contributed by atoms with van der Waals surface area (Å²) in [5.74, 6) is 0.581. The molecule has 11 heavy (non-hydrogen) atoms. The molecule has 0 unspecified atom stereocenters. The molecule has 0 bridgehead atoms. The van der Waals surface area contributed by atoms with Gasteiger partial charge in [0.25, 0.3) is 0 Å². The Bertz CT molecular complexity index is 206. The standard InChI is InChI=1S/C8H13NS.CH4/c1-5(2)8-9-6(3)7(4)10-8;/h5H,1-4H3;1H4. The Morgan fingerprint density at radius 2 is 1.82 bits per heavy atom. The Hall–Kier alpha value is -0.370. The Labute approximate surface area is 73.5 Å². The SMILES string of the molecule is C.Cc1nc(C(C)C)sc1C. The van der Waals surface area contributed by atoms with Crippen molar-refractivity contribution < 1.29 is 0 Å². The Morgan fingerprint density at radius 3 is 2.00 bits per heavy atom. The first-order valence-electron chi connectivity index (χ1n) is 3.55. The summed E-state index contributed by atoms with van der Waals surface area (Å²) in [6.45, 7) is 8.55. The van der Waals surface area contributed by atoms with Crippen LogP contribution < -0.4 is 0 Å². The van der Waals surface area contributed by atoms with E-state index in [-0.39, 0.29) is 7.43 Å². The molecule has 0 spiro atoms. The van der Waals surface area contributed by atoms with Crippen molar-refractivity contribution in [2.45, 2.75) is 41.0 Å². The zero-order valence-electron chi connectivity index (χ0n) is 6.93. The molecule has 0 saturated heterocycles. The summed E-state index contributed by atoms with van der Waals surface area (Å²) in [5.41, 5.74) is 1.19. The topological polar surface area (TPSA) is 12.9 Å². The van der Waals surface area contributed by atoms with Gasteiger partial charge in [0.15, 0.2) is 0 Å². The number of thiazole rings is 1. The van der Waals surface area contributed by atoms with Gasteiger partial charge < -0.3 is 0 Å². The van der Waals surface area contributed by atoms with Crippen LogP contribution >= 0.6 is 11.3 Å². The molecule has 1 aromatic rings. The van der Waals surface area contributed by atoms with Crippen molar-refractivity contribution in [3.8, 4) is 0 Å². The van der Waals surface area contributed by atoms with Gasteiger partial charge in [0.1, 0.15) is 0 Å². The van der Waals surface area contributed by atoms with Crippen molar-refractivity contribution in [3.63, 3.8) is 0 Å². The highest BCUT2D eigenvalue weighted by atomic mass is 32.1. The quantitative estimate of drug-likeness (QED) is 0.630. The monoisotopic (exact) mass is 171 g/mol. The lowest BCUT2D eigenvalue weighted by atomic mass is 10.2. The molecule has 0 atom stereocenters. The molecule has 64 valence electrons. The highest BCUT2D eigenvalue weighted by Crippen LogP contribution is 2.22. The van der Waals surface area contributed by atoms with Crippen LogP contribution in [0.15, 0.2) is 0 Å². The smallest absolute Gasteiger partial charge is 0.0956 e. The fraction of sp³-hybridized carbons (Fsp3) is 0.667. The summed E-state index contributed by atoms with van der Waals surface area (Å²) >= 11 is 1.81. The van der Waals surface area contributed by atoms with Crippen LogP contribution in [0.1, 0.15) is 42.8 Å². The van der Waals surface area contributed by atoms with Crippen molar-refractivity contribution >= 4 is 11.3 Å². The summed E-state index contributed by atoms with van der Waals surface area (Å²) in [7, 11) is 0. The fourth-order valence-electron chi connectivity index (χ4n) is 0.744. The molecule has 0 radical (unpaired) electrons. The molecular weight excluding hydrogens is 154 g/mol.